The highest BCUT2D eigenvalue weighted by Gasteiger charge is 2.52. The molecule has 164 valence electrons. The molecule has 1 aromatic rings. The van der Waals surface area contributed by atoms with E-state index in [0.717, 1.165) is 13.0 Å². The highest BCUT2D eigenvalue weighted by atomic mass is 28.4. The van der Waals surface area contributed by atoms with Gasteiger partial charge in [0.05, 0.1) is 18.8 Å². The largest absolute Gasteiger partial charge is 0.416 e. The van der Waals surface area contributed by atoms with Crippen molar-refractivity contribution in [1.29, 1.82) is 0 Å². The van der Waals surface area contributed by atoms with Crippen LogP contribution >= 0.6 is 0 Å². The maximum Gasteiger partial charge on any atom is 0.200 e. The predicted octanol–water partition coefficient (Wildman–Crippen LogP) is 5.51. The van der Waals surface area contributed by atoms with Crippen LogP contribution in [0.2, 0.25) is 16.6 Å². The minimum atomic E-state index is -1.93. The molecule has 0 spiro atoms. The van der Waals surface area contributed by atoms with E-state index in [2.05, 4.69) is 65.8 Å². The van der Waals surface area contributed by atoms with Crippen molar-refractivity contribution in [3.8, 4) is 0 Å². The van der Waals surface area contributed by atoms with Gasteiger partial charge in [0.25, 0.3) is 0 Å². The topological polar surface area (TPSA) is 47.9 Å². The van der Waals surface area contributed by atoms with Crippen LogP contribution in [0.3, 0.4) is 0 Å². The van der Waals surface area contributed by atoms with Gasteiger partial charge in [-0.1, -0.05) is 71.9 Å². The molecule has 1 aliphatic heterocycles. The Balaban J connectivity index is 1.73. The molecule has 1 aromatic carbocycles. The molecule has 3 rings (SSSR count). The Kier molecular flexibility index (Phi) is 7.60. The van der Waals surface area contributed by atoms with Crippen molar-refractivity contribution in [3.05, 3.63) is 35.9 Å². The summed E-state index contributed by atoms with van der Waals surface area (Å²) in [4.78, 5) is 0. The number of hydrogen-bond donors (Lipinski definition) is 1. The smallest absolute Gasteiger partial charge is 0.200 e. The highest BCUT2D eigenvalue weighted by molar-refractivity contribution is 6.77. The van der Waals surface area contributed by atoms with Gasteiger partial charge in [0.15, 0.2) is 14.6 Å². The summed E-state index contributed by atoms with van der Waals surface area (Å²) in [6.07, 6.45) is 1.12. The SMILES string of the molecule is CC(C)[Si](OC[C@@H]1[C@H]2CC(O)O[C@H]2C[C@H]1OCc1ccccc1)(C(C)C)C(C)C. The molecule has 1 saturated carbocycles. The second kappa shape index (κ2) is 9.61. The molecule has 2 aliphatic rings. The summed E-state index contributed by atoms with van der Waals surface area (Å²) >= 11 is 0. The lowest BCUT2D eigenvalue weighted by atomic mass is 9.93. The normalized spacial score (nSPS) is 29.9. The van der Waals surface area contributed by atoms with Gasteiger partial charge in [-0.3, -0.25) is 0 Å². The molecule has 2 fully saturated rings. The average molecular weight is 421 g/mol. The molecule has 29 heavy (non-hydrogen) atoms. The number of aliphatic hydroxyl groups excluding tert-OH is 1. The number of fused-ring (bicyclic) bond motifs is 1. The van der Waals surface area contributed by atoms with Gasteiger partial charge in [0, 0.05) is 25.4 Å². The second-order valence-corrected chi connectivity index (χ2v) is 15.4. The summed E-state index contributed by atoms with van der Waals surface area (Å²) in [6.45, 7) is 15.3. The van der Waals surface area contributed by atoms with E-state index in [1.807, 2.05) is 6.07 Å². The summed E-state index contributed by atoms with van der Waals surface area (Å²) in [5, 5.41) is 10.0. The van der Waals surface area contributed by atoms with E-state index >= 15 is 0 Å². The summed E-state index contributed by atoms with van der Waals surface area (Å²) in [6, 6.07) is 10.3. The molecule has 0 aromatic heterocycles. The van der Waals surface area contributed by atoms with Gasteiger partial charge in [-0.05, 0) is 28.1 Å². The van der Waals surface area contributed by atoms with E-state index < -0.39 is 14.6 Å². The van der Waals surface area contributed by atoms with E-state index in [1.165, 1.54) is 5.56 Å². The Bertz CT molecular complexity index is 611. The third-order valence-corrected chi connectivity index (χ3v) is 13.4. The van der Waals surface area contributed by atoms with E-state index in [-0.39, 0.29) is 18.1 Å². The van der Waals surface area contributed by atoms with Crippen molar-refractivity contribution in [3.63, 3.8) is 0 Å². The van der Waals surface area contributed by atoms with Gasteiger partial charge < -0.3 is 19.0 Å². The van der Waals surface area contributed by atoms with Gasteiger partial charge in [-0.15, -0.1) is 0 Å². The zero-order valence-electron chi connectivity index (χ0n) is 19.0. The Morgan fingerprint density at radius 1 is 1.00 bits per heavy atom. The van der Waals surface area contributed by atoms with Crippen molar-refractivity contribution >= 4 is 8.32 Å². The quantitative estimate of drug-likeness (QED) is 0.535. The first-order valence-electron chi connectivity index (χ1n) is 11.4. The zero-order chi connectivity index (χ0) is 21.2. The Labute approximate surface area is 178 Å². The fourth-order valence-electron chi connectivity index (χ4n) is 6.04. The van der Waals surface area contributed by atoms with Gasteiger partial charge in [0.1, 0.15) is 0 Å². The zero-order valence-corrected chi connectivity index (χ0v) is 20.0. The third-order valence-electron chi connectivity index (χ3n) is 7.32. The molecule has 1 unspecified atom stereocenters. The number of ether oxygens (including phenoxy) is 2. The summed E-state index contributed by atoms with van der Waals surface area (Å²) in [5.41, 5.74) is 2.89. The monoisotopic (exact) mass is 420 g/mol. The maximum atomic E-state index is 10.0. The van der Waals surface area contributed by atoms with Crippen LogP contribution in [0.15, 0.2) is 30.3 Å². The van der Waals surface area contributed by atoms with Gasteiger partial charge in [-0.25, -0.2) is 0 Å². The molecule has 5 heteroatoms. The first kappa shape index (κ1) is 23.0. The van der Waals surface area contributed by atoms with E-state index in [4.69, 9.17) is 13.9 Å². The number of benzene rings is 1. The molecule has 0 radical (unpaired) electrons. The van der Waals surface area contributed by atoms with Gasteiger partial charge >= 0.3 is 0 Å². The Morgan fingerprint density at radius 3 is 2.21 bits per heavy atom. The molecule has 1 saturated heterocycles. The molecular formula is C24H40O4Si. The Morgan fingerprint density at radius 2 is 1.62 bits per heavy atom. The summed E-state index contributed by atoms with van der Waals surface area (Å²) in [7, 11) is -1.93. The van der Waals surface area contributed by atoms with Crippen LogP contribution in [0.4, 0.5) is 0 Å². The van der Waals surface area contributed by atoms with Crippen LogP contribution in [0, 0.1) is 11.8 Å². The van der Waals surface area contributed by atoms with Crippen molar-refractivity contribution < 1.29 is 19.0 Å². The first-order valence-corrected chi connectivity index (χ1v) is 13.5. The van der Waals surface area contributed by atoms with Crippen molar-refractivity contribution in [2.24, 2.45) is 11.8 Å². The van der Waals surface area contributed by atoms with Crippen molar-refractivity contribution in [2.75, 3.05) is 6.61 Å². The van der Waals surface area contributed by atoms with E-state index in [1.54, 1.807) is 0 Å². The lowest BCUT2D eigenvalue weighted by Crippen LogP contribution is -2.49. The van der Waals surface area contributed by atoms with Crippen LogP contribution in [0.1, 0.15) is 59.9 Å². The number of hydrogen-bond acceptors (Lipinski definition) is 4. The average Bonchev–Trinajstić information content (AvgIpc) is 3.16. The van der Waals surface area contributed by atoms with Crippen LogP contribution in [-0.2, 0) is 20.5 Å². The molecule has 1 heterocycles. The lowest BCUT2D eigenvalue weighted by molar-refractivity contribution is -0.0998. The lowest BCUT2D eigenvalue weighted by Gasteiger charge is -2.43. The molecular weight excluding hydrogens is 380 g/mol. The van der Waals surface area contributed by atoms with Crippen molar-refractivity contribution in [1.82, 2.24) is 0 Å². The molecule has 1 N–H and O–H groups in total. The molecule has 0 bridgehead atoms. The van der Waals surface area contributed by atoms with Gasteiger partial charge in [-0.2, -0.15) is 0 Å². The number of aliphatic hydroxyl groups is 1. The Hall–Kier alpha value is -0.723. The van der Waals surface area contributed by atoms with Crippen molar-refractivity contribution in [2.45, 2.75) is 96.1 Å². The van der Waals surface area contributed by atoms with Crippen LogP contribution in [-0.4, -0.2) is 38.5 Å². The standard InChI is InChI=1S/C24H40O4Si/c1-16(2)29(17(3)4,18(5)6)27-15-21-20-12-24(25)28-23(20)13-22(21)26-14-19-10-8-7-9-11-19/h7-11,16-18,20-25H,12-15H2,1-6H3/t20-,21-,22-,23+,24?/m1/s1. The second-order valence-electron chi connectivity index (χ2n) is 9.89. The fraction of sp³-hybridized carbons (Fsp3) is 0.750. The summed E-state index contributed by atoms with van der Waals surface area (Å²) < 4.78 is 19.1. The molecule has 1 aliphatic carbocycles. The van der Waals surface area contributed by atoms with Crippen LogP contribution in [0.5, 0.6) is 0 Å². The molecule has 5 atom stereocenters. The minimum Gasteiger partial charge on any atom is -0.416 e. The highest BCUT2D eigenvalue weighted by Crippen LogP contribution is 2.47. The third kappa shape index (κ3) is 4.80. The summed E-state index contributed by atoms with van der Waals surface area (Å²) in [5.74, 6) is 0.605. The maximum absolute atomic E-state index is 10.0. The fourth-order valence-corrected chi connectivity index (χ4v) is 11.5. The first-order chi connectivity index (χ1) is 13.8. The molecule has 0 amide bonds. The van der Waals surface area contributed by atoms with Crippen LogP contribution in [0.25, 0.3) is 0 Å². The number of rotatable bonds is 9. The van der Waals surface area contributed by atoms with E-state index in [0.29, 0.717) is 35.6 Å². The van der Waals surface area contributed by atoms with E-state index in [9.17, 15) is 5.11 Å². The minimum absolute atomic E-state index is 0.0904. The predicted molar refractivity (Wildman–Crippen MR) is 119 cm³/mol. The van der Waals surface area contributed by atoms with Crippen LogP contribution < -0.4 is 0 Å². The van der Waals surface area contributed by atoms with Gasteiger partial charge in [0.2, 0.25) is 0 Å². The molecule has 4 nitrogen and oxygen atoms in total.